The quantitative estimate of drug-likeness (QED) is 0.285. The van der Waals surface area contributed by atoms with Gasteiger partial charge >= 0.3 is 5.63 Å². The molecule has 27 heavy (non-hydrogen) atoms. The molecule has 0 unspecified atom stereocenters. The number of hydrogen-bond donors (Lipinski definition) is 0. The van der Waals surface area contributed by atoms with Gasteiger partial charge in [-0.1, -0.05) is 54.1 Å². The Hall–Kier alpha value is -2.87. The Kier molecular flexibility index (Phi) is 6.43. The second-order valence-electron chi connectivity index (χ2n) is 7.11. The van der Waals surface area contributed by atoms with Gasteiger partial charge < -0.3 is 4.42 Å². The Morgan fingerprint density at radius 2 is 1.74 bits per heavy atom. The summed E-state index contributed by atoms with van der Waals surface area (Å²) in [6.07, 6.45) is 10.6. The number of unbranched alkanes of at least 4 members (excludes halogenated alkanes) is 1. The third-order valence-corrected chi connectivity index (χ3v) is 4.57. The maximum Gasteiger partial charge on any atom is 0.336 e. The number of fused-ring (bicyclic) bond motifs is 1. The van der Waals surface area contributed by atoms with Crippen LogP contribution >= 0.6 is 0 Å². The SMILES string of the molecule is CC(C)=CCC/C=C/Cc1cc2ccc(=O)oc2cc1Cc1ccccc1. The van der Waals surface area contributed by atoms with E-state index in [2.05, 4.69) is 62.4 Å². The van der Waals surface area contributed by atoms with Crippen molar-refractivity contribution >= 4 is 11.0 Å². The first-order valence-corrected chi connectivity index (χ1v) is 9.50. The minimum atomic E-state index is -0.305. The van der Waals surface area contributed by atoms with E-state index in [0.29, 0.717) is 5.58 Å². The van der Waals surface area contributed by atoms with Crippen LogP contribution in [0, 0.1) is 0 Å². The van der Waals surface area contributed by atoms with Crippen LogP contribution in [0.5, 0.6) is 0 Å². The van der Waals surface area contributed by atoms with Gasteiger partial charge in [-0.3, -0.25) is 0 Å². The molecule has 3 aromatic rings. The van der Waals surface area contributed by atoms with Crippen LogP contribution in [0.25, 0.3) is 11.0 Å². The van der Waals surface area contributed by atoms with Crippen LogP contribution in [0.3, 0.4) is 0 Å². The Morgan fingerprint density at radius 1 is 0.926 bits per heavy atom. The maximum atomic E-state index is 11.6. The van der Waals surface area contributed by atoms with Crippen LogP contribution in [0.4, 0.5) is 0 Å². The van der Waals surface area contributed by atoms with Crippen molar-refractivity contribution in [1.29, 1.82) is 0 Å². The lowest BCUT2D eigenvalue weighted by Crippen LogP contribution is -1.99. The van der Waals surface area contributed by atoms with Gasteiger partial charge in [0.2, 0.25) is 0 Å². The van der Waals surface area contributed by atoms with Crippen molar-refractivity contribution in [2.24, 2.45) is 0 Å². The summed E-state index contributed by atoms with van der Waals surface area (Å²) in [5, 5.41) is 0.972. The summed E-state index contributed by atoms with van der Waals surface area (Å²) in [5.74, 6) is 0. The summed E-state index contributed by atoms with van der Waals surface area (Å²) in [7, 11) is 0. The molecule has 2 aromatic carbocycles. The fraction of sp³-hybridized carbons (Fsp3) is 0.240. The summed E-state index contributed by atoms with van der Waals surface area (Å²) in [6.45, 7) is 4.26. The molecule has 3 rings (SSSR count). The zero-order chi connectivity index (χ0) is 19.1. The highest BCUT2D eigenvalue weighted by molar-refractivity contribution is 5.78. The van der Waals surface area contributed by atoms with Crippen LogP contribution in [0.15, 0.2) is 87.6 Å². The highest BCUT2D eigenvalue weighted by Crippen LogP contribution is 2.22. The summed E-state index contributed by atoms with van der Waals surface area (Å²) >= 11 is 0. The Labute approximate surface area is 160 Å². The Morgan fingerprint density at radius 3 is 2.52 bits per heavy atom. The molecule has 0 atom stereocenters. The van der Waals surface area contributed by atoms with E-state index >= 15 is 0 Å². The van der Waals surface area contributed by atoms with E-state index in [4.69, 9.17) is 4.42 Å². The van der Waals surface area contributed by atoms with Crippen LogP contribution in [-0.4, -0.2) is 0 Å². The Balaban J connectivity index is 1.85. The molecule has 1 aromatic heterocycles. The average molecular weight is 358 g/mol. The van der Waals surface area contributed by atoms with Gasteiger partial charge in [-0.05, 0) is 74.4 Å². The summed E-state index contributed by atoms with van der Waals surface area (Å²) in [5.41, 5.74) is 5.45. The van der Waals surface area contributed by atoms with Gasteiger partial charge in [-0.15, -0.1) is 0 Å². The molecule has 0 bridgehead atoms. The van der Waals surface area contributed by atoms with Crippen molar-refractivity contribution in [3.05, 3.63) is 106 Å². The monoisotopic (exact) mass is 358 g/mol. The standard InChI is InChI=1S/C25H26O2/c1-19(2)10-6-3-4-9-13-21-17-22-14-15-25(26)27-24(22)18-23(21)16-20-11-7-5-8-12-20/h4-5,7-12,14-15,17-18H,3,6,13,16H2,1-2H3/b9-4+. The Bertz CT molecular complexity index is 1000. The fourth-order valence-corrected chi connectivity index (χ4v) is 3.17. The number of rotatable bonds is 7. The molecule has 0 amide bonds. The summed E-state index contributed by atoms with van der Waals surface area (Å²) in [4.78, 5) is 11.6. The summed E-state index contributed by atoms with van der Waals surface area (Å²) in [6, 6.07) is 17.9. The predicted molar refractivity (Wildman–Crippen MR) is 113 cm³/mol. The molecule has 2 heteroatoms. The predicted octanol–water partition coefficient (Wildman–Crippen LogP) is 6.23. The highest BCUT2D eigenvalue weighted by atomic mass is 16.4. The average Bonchev–Trinajstić information content (AvgIpc) is 2.65. The molecule has 0 fully saturated rings. The zero-order valence-electron chi connectivity index (χ0n) is 16.1. The summed E-state index contributed by atoms with van der Waals surface area (Å²) < 4.78 is 5.39. The largest absolute Gasteiger partial charge is 0.423 e. The second kappa shape index (κ2) is 9.18. The zero-order valence-corrected chi connectivity index (χ0v) is 16.1. The first kappa shape index (κ1) is 18.9. The molecule has 2 nitrogen and oxygen atoms in total. The van der Waals surface area contributed by atoms with Gasteiger partial charge in [0, 0.05) is 11.5 Å². The van der Waals surface area contributed by atoms with E-state index in [9.17, 15) is 4.79 Å². The van der Waals surface area contributed by atoms with E-state index in [1.165, 1.54) is 28.3 Å². The van der Waals surface area contributed by atoms with Gasteiger partial charge in [-0.25, -0.2) is 4.79 Å². The van der Waals surface area contributed by atoms with Crippen molar-refractivity contribution < 1.29 is 4.42 Å². The number of benzene rings is 2. The molecule has 1 heterocycles. The normalized spacial score (nSPS) is 11.2. The van der Waals surface area contributed by atoms with Crippen molar-refractivity contribution in [2.75, 3.05) is 0 Å². The fourth-order valence-electron chi connectivity index (χ4n) is 3.17. The van der Waals surface area contributed by atoms with Gasteiger partial charge in [-0.2, -0.15) is 0 Å². The topological polar surface area (TPSA) is 30.2 Å². The van der Waals surface area contributed by atoms with Crippen molar-refractivity contribution in [2.45, 2.75) is 39.5 Å². The van der Waals surface area contributed by atoms with Gasteiger partial charge in [0.15, 0.2) is 0 Å². The molecule has 0 aliphatic carbocycles. The van der Waals surface area contributed by atoms with Crippen LogP contribution in [0.2, 0.25) is 0 Å². The third kappa shape index (κ3) is 5.55. The molecule has 0 aliphatic rings. The minimum Gasteiger partial charge on any atom is -0.423 e. The van der Waals surface area contributed by atoms with Gasteiger partial charge in [0.05, 0.1) is 0 Å². The third-order valence-electron chi connectivity index (χ3n) is 4.57. The lowest BCUT2D eigenvalue weighted by Gasteiger charge is -2.10. The first-order chi connectivity index (χ1) is 13.1. The van der Waals surface area contributed by atoms with Gasteiger partial charge in [0.25, 0.3) is 0 Å². The smallest absolute Gasteiger partial charge is 0.336 e. The molecular weight excluding hydrogens is 332 g/mol. The molecule has 0 aliphatic heterocycles. The lowest BCUT2D eigenvalue weighted by atomic mass is 9.96. The van der Waals surface area contributed by atoms with Crippen LogP contribution in [-0.2, 0) is 12.8 Å². The lowest BCUT2D eigenvalue weighted by molar-refractivity contribution is 0.560. The van der Waals surface area contributed by atoms with E-state index in [0.717, 1.165) is 31.1 Å². The van der Waals surface area contributed by atoms with Crippen molar-refractivity contribution in [1.82, 2.24) is 0 Å². The van der Waals surface area contributed by atoms with E-state index in [-0.39, 0.29) is 5.63 Å². The minimum absolute atomic E-state index is 0.305. The van der Waals surface area contributed by atoms with Crippen LogP contribution < -0.4 is 5.63 Å². The molecular formula is C25H26O2. The van der Waals surface area contributed by atoms with E-state index in [1.807, 2.05) is 18.2 Å². The van der Waals surface area contributed by atoms with Crippen LogP contribution in [0.1, 0.15) is 43.4 Å². The van der Waals surface area contributed by atoms with Gasteiger partial charge in [0.1, 0.15) is 5.58 Å². The van der Waals surface area contributed by atoms with Crippen molar-refractivity contribution in [3.63, 3.8) is 0 Å². The van der Waals surface area contributed by atoms with E-state index < -0.39 is 0 Å². The maximum absolute atomic E-state index is 11.6. The molecule has 0 saturated carbocycles. The molecule has 0 saturated heterocycles. The molecule has 138 valence electrons. The molecule has 0 spiro atoms. The first-order valence-electron chi connectivity index (χ1n) is 9.50. The molecule has 0 radical (unpaired) electrons. The second-order valence-corrected chi connectivity index (χ2v) is 7.11. The van der Waals surface area contributed by atoms with Crippen molar-refractivity contribution in [3.8, 4) is 0 Å². The highest BCUT2D eigenvalue weighted by Gasteiger charge is 2.07. The van der Waals surface area contributed by atoms with E-state index in [1.54, 1.807) is 0 Å². The number of hydrogen-bond acceptors (Lipinski definition) is 2. The number of allylic oxidation sites excluding steroid dienone is 4. The molecule has 0 N–H and O–H groups in total.